The average Bonchev–Trinajstić information content (AvgIpc) is 3.46. The van der Waals surface area contributed by atoms with Crippen molar-refractivity contribution in [2.75, 3.05) is 18.1 Å². The van der Waals surface area contributed by atoms with Gasteiger partial charge in [0.15, 0.2) is 0 Å². The van der Waals surface area contributed by atoms with E-state index >= 15 is 0 Å². The van der Waals surface area contributed by atoms with E-state index in [9.17, 15) is 24.3 Å². The second kappa shape index (κ2) is 12.9. The van der Waals surface area contributed by atoms with Crippen molar-refractivity contribution in [3.05, 3.63) is 41.0 Å². The number of β-amino-alcohol motifs (C(OH)–C–C–N with tert-alkyl or cyclic N) is 1. The molecule has 1 saturated heterocycles. The zero-order valence-electron chi connectivity index (χ0n) is 22.8. The molecule has 4 N–H and O–H groups in total. The molecule has 39 heavy (non-hydrogen) atoms. The molecule has 1 aliphatic rings. The number of amides is 3. The number of hydrogen-bond donors (Lipinski definition) is 4. The van der Waals surface area contributed by atoms with E-state index < -0.39 is 41.4 Å². The van der Waals surface area contributed by atoms with E-state index in [1.54, 1.807) is 37.6 Å². The lowest BCUT2D eigenvalue weighted by Gasteiger charge is -2.35. The number of carbonyl (C=O) groups excluding carboxylic acids is 3. The highest BCUT2D eigenvalue weighted by Gasteiger charge is 2.44. The van der Waals surface area contributed by atoms with Crippen molar-refractivity contribution < 1.29 is 29.4 Å². The fourth-order valence-corrected chi connectivity index (χ4v) is 5.81. The molecule has 1 fully saturated rings. The number of nitrogens with one attached hydrogen (secondary N) is 2. The van der Waals surface area contributed by atoms with E-state index in [1.807, 2.05) is 38.1 Å². The quantitative estimate of drug-likeness (QED) is 0.337. The first kappa shape index (κ1) is 30.6. The molecule has 1 aromatic carbocycles. The van der Waals surface area contributed by atoms with Crippen LogP contribution in [0, 0.1) is 12.3 Å². The molecule has 2 heterocycles. The highest BCUT2D eigenvalue weighted by Crippen LogP contribution is 2.29. The Morgan fingerprint density at radius 3 is 2.38 bits per heavy atom. The van der Waals surface area contributed by atoms with Gasteiger partial charge in [-0.25, -0.2) is 4.98 Å². The Hall–Kier alpha value is -2.96. The Kier molecular flexibility index (Phi) is 10.1. The highest BCUT2D eigenvalue weighted by molar-refractivity contribution is 8.00. The fourth-order valence-electron chi connectivity index (χ4n) is 4.45. The molecule has 0 radical (unpaired) electrons. The van der Waals surface area contributed by atoms with Gasteiger partial charge in [-0.3, -0.25) is 19.2 Å². The highest BCUT2D eigenvalue weighted by atomic mass is 32.2. The Morgan fingerprint density at radius 1 is 1.15 bits per heavy atom. The number of rotatable bonds is 10. The van der Waals surface area contributed by atoms with Crippen molar-refractivity contribution in [2.45, 2.75) is 65.3 Å². The maximum Gasteiger partial charge on any atom is 0.313 e. The fraction of sp³-hybridized carbons (Fsp3) is 0.519. The van der Waals surface area contributed by atoms with E-state index in [4.69, 9.17) is 5.11 Å². The Bertz CT molecular complexity index is 1190. The molecule has 3 amide bonds. The summed E-state index contributed by atoms with van der Waals surface area (Å²) in [6.07, 6.45) is -0.781. The number of thioether (sulfide) groups is 1. The zero-order chi connectivity index (χ0) is 28.9. The van der Waals surface area contributed by atoms with Crippen LogP contribution in [0.1, 0.15) is 51.4 Å². The molecule has 12 heteroatoms. The number of benzene rings is 1. The van der Waals surface area contributed by atoms with Crippen molar-refractivity contribution in [3.8, 4) is 10.4 Å². The van der Waals surface area contributed by atoms with Crippen LogP contribution in [0.25, 0.3) is 10.4 Å². The van der Waals surface area contributed by atoms with E-state index in [0.29, 0.717) is 0 Å². The lowest BCUT2D eigenvalue weighted by molar-refractivity contribution is -0.143. The molecule has 0 saturated carbocycles. The van der Waals surface area contributed by atoms with Gasteiger partial charge in [-0.2, -0.15) is 0 Å². The van der Waals surface area contributed by atoms with Gasteiger partial charge in [-0.05, 0) is 30.4 Å². The molecule has 1 aromatic heterocycles. The smallest absolute Gasteiger partial charge is 0.313 e. The van der Waals surface area contributed by atoms with Gasteiger partial charge < -0.3 is 25.7 Å². The molecule has 0 spiro atoms. The zero-order valence-corrected chi connectivity index (χ0v) is 24.4. The van der Waals surface area contributed by atoms with Crippen LogP contribution >= 0.6 is 23.1 Å². The molecule has 212 valence electrons. The maximum atomic E-state index is 13.6. The number of carbonyl (C=O) groups is 4. The van der Waals surface area contributed by atoms with Crippen LogP contribution in [-0.4, -0.2) is 80.0 Å². The first-order valence-electron chi connectivity index (χ1n) is 12.7. The van der Waals surface area contributed by atoms with Crippen LogP contribution in [0.2, 0.25) is 0 Å². The SMILES string of the molecule is Cc1ncsc1-c1ccc(C(C)NC(=O)[C@@H]2C[C@@H](O)CN2C(=O)C(NC(=O)CSCC(=O)O)C(C)(C)C)cc1. The number of nitrogens with zero attached hydrogens (tertiary/aromatic N) is 2. The number of aliphatic hydroxyl groups excluding tert-OH is 1. The summed E-state index contributed by atoms with van der Waals surface area (Å²) in [7, 11) is 0. The van der Waals surface area contributed by atoms with Gasteiger partial charge >= 0.3 is 5.97 Å². The van der Waals surface area contributed by atoms with Crippen LogP contribution in [-0.2, 0) is 19.2 Å². The summed E-state index contributed by atoms with van der Waals surface area (Å²) in [6, 6.07) is 5.66. The normalized spacial score (nSPS) is 18.9. The van der Waals surface area contributed by atoms with Gasteiger partial charge in [0.25, 0.3) is 0 Å². The lowest BCUT2D eigenvalue weighted by Crippen LogP contribution is -2.58. The summed E-state index contributed by atoms with van der Waals surface area (Å²) in [6.45, 7) is 9.17. The topological polar surface area (TPSA) is 149 Å². The number of carboxylic acid groups (broad SMARTS) is 1. The molecule has 0 bridgehead atoms. The van der Waals surface area contributed by atoms with Crippen molar-refractivity contribution in [3.63, 3.8) is 0 Å². The van der Waals surface area contributed by atoms with Gasteiger partial charge in [0, 0.05) is 13.0 Å². The van der Waals surface area contributed by atoms with Crippen LogP contribution in [0.15, 0.2) is 29.8 Å². The van der Waals surface area contributed by atoms with Gasteiger partial charge in [-0.15, -0.1) is 23.1 Å². The molecule has 4 atom stereocenters. The molecule has 2 unspecified atom stereocenters. The standard InChI is InChI=1S/C27H36N4O6S2/c1-15(17-6-8-18(9-7-17)23-16(2)28-14-39-23)29-25(36)20-10-19(32)11-31(20)26(37)24(27(3,4)5)30-21(33)12-38-13-22(34)35/h6-9,14-15,19-20,24,32H,10-13H2,1-5H3,(H,29,36)(H,30,33)(H,34,35)/t15?,19-,20+,24?/m1/s1. The molecular weight excluding hydrogens is 540 g/mol. The van der Waals surface area contributed by atoms with Gasteiger partial charge in [-0.1, -0.05) is 45.0 Å². The van der Waals surface area contributed by atoms with Crippen LogP contribution in [0.3, 0.4) is 0 Å². The number of aliphatic hydroxyl groups is 1. The van der Waals surface area contributed by atoms with E-state index in [1.165, 1.54) is 4.90 Å². The summed E-state index contributed by atoms with van der Waals surface area (Å²) in [4.78, 5) is 56.9. The van der Waals surface area contributed by atoms with Crippen LogP contribution in [0.5, 0.6) is 0 Å². The Balaban J connectivity index is 1.69. The predicted molar refractivity (Wildman–Crippen MR) is 151 cm³/mol. The third-order valence-electron chi connectivity index (χ3n) is 6.52. The van der Waals surface area contributed by atoms with E-state index in [2.05, 4.69) is 15.6 Å². The number of hydrogen-bond acceptors (Lipinski definition) is 8. The van der Waals surface area contributed by atoms with Crippen molar-refractivity contribution in [1.29, 1.82) is 0 Å². The van der Waals surface area contributed by atoms with Crippen molar-refractivity contribution >= 4 is 46.8 Å². The first-order chi connectivity index (χ1) is 18.3. The maximum absolute atomic E-state index is 13.6. The third kappa shape index (κ3) is 8.02. The van der Waals surface area contributed by atoms with Crippen LogP contribution < -0.4 is 10.6 Å². The first-order valence-corrected chi connectivity index (χ1v) is 14.7. The number of aryl methyl sites for hydroxylation is 1. The van der Waals surface area contributed by atoms with Crippen molar-refractivity contribution in [1.82, 2.24) is 20.5 Å². The van der Waals surface area contributed by atoms with E-state index in [0.717, 1.165) is 33.5 Å². The van der Waals surface area contributed by atoms with Gasteiger partial charge in [0.05, 0.1) is 39.7 Å². The summed E-state index contributed by atoms with van der Waals surface area (Å²) in [5.74, 6) is -2.69. The molecular formula is C27H36N4O6S2. The second-order valence-corrected chi connectivity index (χ2v) is 12.6. The second-order valence-electron chi connectivity index (χ2n) is 10.8. The predicted octanol–water partition coefficient (Wildman–Crippen LogP) is 2.61. The number of thiazole rings is 1. The summed E-state index contributed by atoms with van der Waals surface area (Å²) in [5, 5.41) is 24.8. The summed E-state index contributed by atoms with van der Waals surface area (Å²) >= 11 is 2.50. The van der Waals surface area contributed by atoms with Crippen LogP contribution in [0.4, 0.5) is 0 Å². The largest absolute Gasteiger partial charge is 0.481 e. The minimum atomic E-state index is -1.03. The molecule has 10 nitrogen and oxygen atoms in total. The Labute approximate surface area is 236 Å². The minimum absolute atomic E-state index is 0.0234. The summed E-state index contributed by atoms with van der Waals surface area (Å²) in [5.41, 5.74) is 4.01. The van der Waals surface area contributed by atoms with E-state index in [-0.39, 0.29) is 36.4 Å². The Morgan fingerprint density at radius 2 is 1.82 bits per heavy atom. The lowest BCUT2D eigenvalue weighted by atomic mass is 9.85. The average molecular weight is 577 g/mol. The summed E-state index contributed by atoms with van der Waals surface area (Å²) < 4.78 is 0. The molecule has 1 aliphatic heterocycles. The number of aliphatic carboxylic acids is 1. The monoisotopic (exact) mass is 576 g/mol. The number of carboxylic acids is 1. The number of likely N-dealkylation sites (tertiary alicyclic amines) is 1. The van der Waals surface area contributed by atoms with Gasteiger partial charge in [0.2, 0.25) is 17.7 Å². The van der Waals surface area contributed by atoms with Crippen molar-refractivity contribution in [2.24, 2.45) is 5.41 Å². The third-order valence-corrected chi connectivity index (χ3v) is 8.41. The van der Waals surface area contributed by atoms with Gasteiger partial charge in [0.1, 0.15) is 12.1 Å². The number of aromatic nitrogens is 1. The minimum Gasteiger partial charge on any atom is -0.481 e. The molecule has 0 aliphatic carbocycles. The molecule has 2 aromatic rings. The molecule has 3 rings (SSSR count).